The van der Waals surface area contributed by atoms with Gasteiger partial charge in [0.05, 0.1) is 0 Å². The fraction of sp³-hybridized carbons (Fsp3) is 0.167. The van der Waals surface area contributed by atoms with Gasteiger partial charge in [-0.1, -0.05) is 42.8 Å². The monoisotopic (exact) mass is 314 g/mol. The summed E-state index contributed by atoms with van der Waals surface area (Å²) in [6.07, 6.45) is 1.63. The number of benzene rings is 2. The summed E-state index contributed by atoms with van der Waals surface area (Å²) in [6.45, 7) is 2.89. The van der Waals surface area contributed by atoms with Crippen molar-refractivity contribution in [3.63, 3.8) is 0 Å². The second kappa shape index (κ2) is 6.32. The van der Waals surface area contributed by atoms with E-state index < -0.39 is 0 Å². The largest absolute Gasteiger partial charge is 0.384 e. The zero-order chi connectivity index (χ0) is 15.5. The molecule has 0 aliphatic heterocycles. The highest BCUT2D eigenvalue weighted by atomic mass is 35.5. The average Bonchev–Trinajstić information content (AvgIpc) is 2.54. The predicted molar refractivity (Wildman–Crippen MR) is 90.1 cm³/mol. The van der Waals surface area contributed by atoms with E-state index in [9.17, 15) is 4.39 Å². The van der Waals surface area contributed by atoms with Crippen LogP contribution >= 0.6 is 11.6 Å². The van der Waals surface area contributed by atoms with Gasteiger partial charge in [0.1, 0.15) is 11.3 Å². The Hall–Kier alpha value is -2.13. The van der Waals surface area contributed by atoms with Crippen LogP contribution in [0.1, 0.15) is 18.4 Å². The molecule has 0 aliphatic rings. The van der Waals surface area contributed by atoms with Crippen LogP contribution < -0.4 is 5.32 Å². The van der Waals surface area contributed by atoms with Gasteiger partial charge in [0, 0.05) is 28.8 Å². The first kappa shape index (κ1) is 14.8. The summed E-state index contributed by atoms with van der Waals surface area (Å²) in [5, 5.41) is 4.92. The summed E-state index contributed by atoms with van der Waals surface area (Å²) >= 11 is 5.91. The minimum Gasteiger partial charge on any atom is -0.384 e. The number of para-hydroxylation sites is 1. The molecule has 0 saturated carbocycles. The van der Waals surface area contributed by atoms with Gasteiger partial charge in [-0.25, -0.2) is 4.39 Å². The van der Waals surface area contributed by atoms with Gasteiger partial charge >= 0.3 is 0 Å². The van der Waals surface area contributed by atoms with Crippen LogP contribution in [0.2, 0.25) is 5.02 Å². The number of fused-ring (bicyclic) bond motifs is 1. The molecule has 1 aromatic heterocycles. The van der Waals surface area contributed by atoms with E-state index in [1.165, 1.54) is 11.6 Å². The van der Waals surface area contributed by atoms with E-state index in [0.29, 0.717) is 11.4 Å². The number of halogens is 2. The molecule has 0 spiro atoms. The number of pyridine rings is 1. The minimum absolute atomic E-state index is 0.299. The number of nitrogens with one attached hydrogen (secondary N) is 1. The molecule has 1 heterocycles. The molecule has 2 nitrogen and oxygen atoms in total. The molecule has 112 valence electrons. The molecule has 0 amide bonds. The molecule has 22 heavy (non-hydrogen) atoms. The maximum atomic E-state index is 13.8. The van der Waals surface area contributed by atoms with Gasteiger partial charge in [-0.2, -0.15) is 0 Å². The molecule has 0 radical (unpaired) electrons. The smallest absolute Gasteiger partial charge is 0.149 e. The van der Waals surface area contributed by atoms with Crippen molar-refractivity contribution < 1.29 is 4.39 Å². The maximum Gasteiger partial charge on any atom is 0.149 e. The van der Waals surface area contributed by atoms with Gasteiger partial charge in [-0.3, -0.25) is 4.98 Å². The highest BCUT2D eigenvalue weighted by Gasteiger charge is 2.08. The molecule has 0 fully saturated rings. The summed E-state index contributed by atoms with van der Waals surface area (Å²) in [5.74, 6) is 0.0148. The Morgan fingerprint density at radius 1 is 1.14 bits per heavy atom. The molecule has 0 saturated heterocycles. The third-order valence-electron chi connectivity index (χ3n) is 3.76. The fourth-order valence-electron chi connectivity index (χ4n) is 2.47. The quantitative estimate of drug-likeness (QED) is 0.712. The highest BCUT2D eigenvalue weighted by molar-refractivity contribution is 6.30. The zero-order valence-electron chi connectivity index (χ0n) is 12.2. The Morgan fingerprint density at radius 3 is 2.68 bits per heavy atom. The van der Waals surface area contributed by atoms with Gasteiger partial charge in [0.15, 0.2) is 0 Å². The lowest BCUT2D eigenvalue weighted by Crippen LogP contribution is -2.10. The molecule has 0 bridgehead atoms. The van der Waals surface area contributed by atoms with Crippen LogP contribution in [0, 0.1) is 5.82 Å². The number of rotatable bonds is 4. The maximum absolute atomic E-state index is 13.8. The Balaban J connectivity index is 1.79. The van der Waals surface area contributed by atoms with Crippen LogP contribution in [0.25, 0.3) is 10.9 Å². The van der Waals surface area contributed by atoms with E-state index in [0.717, 1.165) is 22.6 Å². The average molecular weight is 315 g/mol. The van der Waals surface area contributed by atoms with Crippen LogP contribution in [0.5, 0.6) is 0 Å². The molecule has 3 rings (SSSR count). The number of aromatic nitrogens is 1. The third-order valence-corrected chi connectivity index (χ3v) is 4.01. The summed E-state index contributed by atoms with van der Waals surface area (Å²) < 4.78 is 13.8. The van der Waals surface area contributed by atoms with Gasteiger partial charge in [0.25, 0.3) is 0 Å². The summed E-state index contributed by atoms with van der Waals surface area (Å²) in [7, 11) is 0. The number of nitrogens with zero attached hydrogens (tertiary/aromatic N) is 1. The number of anilines is 1. The van der Waals surface area contributed by atoms with Crippen molar-refractivity contribution in [3.8, 4) is 0 Å². The van der Waals surface area contributed by atoms with Crippen molar-refractivity contribution in [2.75, 3.05) is 11.9 Å². The molecule has 0 aliphatic carbocycles. The van der Waals surface area contributed by atoms with Crippen molar-refractivity contribution in [2.24, 2.45) is 0 Å². The first-order chi connectivity index (χ1) is 10.6. The molecule has 2 aromatic carbocycles. The third kappa shape index (κ3) is 3.04. The van der Waals surface area contributed by atoms with Gasteiger partial charge < -0.3 is 5.32 Å². The van der Waals surface area contributed by atoms with Crippen LogP contribution in [0.4, 0.5) is 10.1 Å². The molecule has 3 aromatic rings. The van der Waals surface area contributed by atoms with Crippen molar-refractivity contribution >= 4 is 28.2 Å². The molecular weight excluding hydrogens is 299 g/mol. The number of hydrogen-bond donors (Lipinski definition) is 1. The van der Waals surface area contributed by atoms with Crippen LogP contribution in [0.15, 0.2) is 54.7 Å². The van der Waals surface area contributed by atoms with Crippen molar-refractivity contribution in [1.82, 2.24) is 4.98 Å². The van der Waals surface area contributed by atoms with E-state index in [-0.39, 0.29) is 5.82 Å². The lowest BCUT2D eigenvalue weighted by Gasteiger charge is -2.15. The Labute approximate surface area is 134 Å². The summed E-state index contributed by atoms with van der Waals surface area (Å²) in [4.78, 5) is 4.11. The summed E-state index contributed by atoms with van der Waals surface area (Å²) in [5.41, 5.74) is 2.50. The molecule has 1 N–H and O–H groups in total. The van der Waals surface area contributed by atoms with Crippen LogP contribution in [-0.2, 0) is 0 Å². The van der Waals surface area contributed by atoms with Crippen molar-refractivity contribution in [3.05, 3.63) is 71.1 Å². The normalized spacial score (nSPS) is 12.3. The molecule has 1 atom stereocenters. The molecular formula is C18H16ClFN2. The van der Waals surface area contributed by atoms with Crippen LogP contribution in [-0.4, -0.2) is 11.5 Å². The fourth-order valence-corrected chi connectivity index (χ4v) is 2.59. The first-order valence-corrected chi connectivity index (χ1v) is 7.55. The van der Waals surface area contributed by atoms with E-state index in [2.05, 4.69) is 17.2 Å². The van der Waals surface area contributed by atoms with Gasteiger partial charge in [-0.05, 0) is 35.7 Å². The standard InChI is InChI=1S/C18H16ClFN2/c1-12(13-5-7-14(19)8-6-13)11-22-17-9-10-21-18-15(17)3-2-4-16(18)20/h2-10,12H,11H2,1H3,(H,21,22). The van der Waals surface area contributed by atoms with E-state index in [1.807, 2.05) is 36.4 Å². The second-order valence-electron chi connectivity index (χ2n) is 5.33. The predicted octanol–water partition coefficient (Wildman–Crippen LogP) is 5.24. The Kier molecular flexibility index (Phi) is 4.25. The highest BCUT2D eigenvalue weighted by Crippen LogP contribution is 2.25. The lowest BCUT2D eigenvalue weighted by molar-refractivity contribution is 0.637. The first-order valence-electron chi connectivity index (χ1n) is 7.17. The Morgan fingerprint density at radius 2 is 1.91 bits per heavy atom. The van der Waals surface area contributed by atoms with E-state index in [4.69, 9.17) is 11.6 Å². The molecule has 4 heteroatoms. The number of hydrogen-bond acceptors (Lipinski definition) is 2. The minimum atomic E-state index is -0.299. The second-order valence-corrected chi connectivity index (χ2v) is 5.76. The topological polar surface area (TPSA) is 24.9 Å². The van der Waals surface area contributed by atoms with E-state index in [1.54, 1.807) is 12.3 Å². The lowest BCUT2D eigenvalue weighted by atomic mass is 10.0. The molecule has 1 unspecified atom stereocenters. The Bertz CT molecular complexity index is 787. The SMILES string of the molecule is CC(CNc1ccnc2c(F)cccc12)c1ccc(Cl)cc1. The zero-order valence-corrected chi connectivity index (χ0v) is 12.9. The van der Waals surface area contributed by atoms with Crippen LogP contribution in [0.3, 0.4) is 0 Å². The van der Waals surface area contributed by atoms with Gasteiger partial charge in [0.2, 0.25) is 0 Å². The summed E-state index contributed by atoms with van der Waals surface area (Å²) in [6, 6.07) is 14.7. The van der Waals surface area contributed by atoms with Crippen molar-refractivity contribution in [1.29, 1.82) is 0 Å². The van der Waals surface area contributed by atoms with Gasteiger partial charge in [-0.15, -0.1) is 0 Å². The van der Waals surface area contributed by atoms with E-state index >= 15 is 0 Å². The van der Waals surface area contributed by atoms with Crippen molar-refractivity contribution in [2.45, 2.75) is 12.8 Å².